The molecule has 1 rings (SSSR count). The number of nitrogens with zero attached hydrogens (tertiary/aromatic N) is 3. The molecule has 8 nitrogen and oxygen atoms in total. The van der Waals surface area contributed by atoms with Gasteiger partial charge in [0.05, 0.1) is 12.2 Å². The van der Waals surface area contributed by atoms with Crippen LogP contribution in [0.1, 0.15) is 25.7 Å². The molecule has 1 unspecified atom stereocenters. The molecule has 0 aliphatic carbocycles. The normalized spacial score (nSPS) is 12.8. The summed E-state index contributed by atoms with van der Waals surface area (Å²) in [6, 6.07) is 6.21. The van der Waals surface area contributed by atoms with Crippen molar-refractivity contribution in [2.75, 3.05) is 32.7 Å². The summed E-state index contributed by atoms with van der Waals surface area (Å²) in [5, 5.41) is 27.7. The van der Waals surface area contributed by atoms with Crippen molar-refractivity contribution >= 4 is 17.3 Å². The molecule has 0 spiro atoms. The molecule has 0 aliphatic rings. The summed E-state index contributed by atoms with van der Waals surface area (Å²) in [7, 11) is 0. The third-order valence-electron chi connectivity index (χ3n) is 3.72. The second-order valence-electron chi connectivity index (χ2n) is 5.81. The van der Waals surface area contributed by atoms with Crippen LogP contribution in [0.15, 0.2) is 29.3 Å². The average molecular weight is 348 g/mol. The minimum absolute atomic E-state index is 0.191. The molecule has 0 amide bonds. The van der Waals surface area contributed by atoms with Crippen molar-refractivity contribution in [2.45, 2.75) is 31.7 Å². The molecule has 0 aliphatic heterocycles. The topological polar surface area (TPSA) is 141 Å². The number of benzene rings is 1. The number of quaternary nitrogens is 1. The molecular weight excluding hydrogens is 318 g/mol. The quantitative estimate of drug-likeness (QED) is 0.170. The van der Waals surface area contributed by atoms with Crippen molar-refractivity contribution in [3.63, 3.8) is 0 Å². The zero-order valence-electron chi connectivity index (χ0n) is 14.8. The third kappa shape index (κ3) is 9.12. The fraction of sp³-hybridized carbons (Fsp3) is 0.588. The fourth-order valence-electron chi connectivity index (χ4n) is 2.30. The van der Waals surface area contributed by atoms with E-state index in [1.165, 1.54) is 0 Å². The van der Waals surface area contributed by atoms with Crippen molar-refractivity contribution in [1.82, 2.24) is 10.6 Å². The van der Waals surface area contributed by atoms with Gasteiger partial charge in [-0.05, 0) is 56.9 Å². The van der Waals surface area contributed by atoms with E-state index in [2.05, 4.69) is 26.3 Å². The van der Waals surface area contributed by atoms with Crippen molar-refractivity contribution in [1.29, 1.82) is 5.39 Å². The average Bonchev–Trinajstić information content (AvgIpc) is 2.63. The van der Waals surface area contributed by atoms with E-state index in [1.807, 2.05) is 0 Å². The molecule has 7 N–H and O–H groups in total. The van der Waals surface area contributed by atoms with Crippen LogP contribution < -0.4 is 27.2 Å². The van der Waals surface area contributed by atoms with Gasteiger partial charge in [0, 0.05) is 31.1 Å². The van der Waals surface area contributed by atoms with Crippen LogP contribution in [0, 0.1) is 5.39 Å². The summed E-state index contributed by atoms with van der Waals surface area (Å²) < 4.78 is 0. The molecule has 138 valence electrons. The first-order chi connectivity index (χ1) is 12.2. The van der Waals surface area contributed by atoms with Gasteiger partial charge in [-0.3, -0.25) is 4.99 Å². The summed E-state index contributed by atoms with van der Waals surface area (Å²) in [5.74, 6) is -0.191. The Morgan fingerprint density at radius 3 is 2.56 bits per heavy atom. The molecule has 0 bridgehead atoms. The van der Waals surface area contributed by atoms with Gasteiger partial charge in [0.2, 0.25) is 5.39 Å². The highest BCUT2D eigenvalue weighted by Gasteiger charge is 2.09. The summed E-state index contributed by atoms with van der Waals surface area (Å²) in [4.78, 5) is 7.24. The molecule has 0 heterocycles. The number of aliphatic imine (C=N–C) groups is 1. The lowest BCUT2D eigenvalue weighted by molar-refractivity contribution is -0.367. The van der Waals surface area contributed by atoms with Crippen LogP contribution in [0.4, 0.5) is 11.4 Å². The Balaban J connectivity index is 2.58. The van der Waals surface area contributed by atoms with Gasteiger partial charge >= 0.3 is 5.69 Å². The van der Waals surface area contributed by atoms with Crippen LogP contribution in [0.3, 0.4) is 0 Å². The maximum Gasteiger partial charge on any atom is 0.385 e. The largest absolute Gasteiger partial charge is 0.861 e. The lowest BCUT2D eigenvalue weighted by Crippen LogP contribution is -2.51. The van der Waals surface area contributed by atoms with E-state index in [0.29, 0.717) is 30.9 Å². The maximum atomic E-state index is 12.5. The van der Waals surface area contributed by atoms with Gasteiger partial charge in [-0.15, -0.1) is 0 Å². The highest BCUT2D eigenvalue weighted by atomic mass is 16.3. The van der Waals surface area contributed by atoms with Gasteiger partial charge in [0.1, 0.15) is 0 Å². The first-order valence-corrected chi connectivity index (χ1v) is 8.85. The Morgan fingerprint density at radius 1 is 1.20 bits per heavy atom. The molecule has 0 fully saturated rings. The Labute approximate surface area is 149 Å². The SMILES string of the molecule is N#[N+]c1ccc(N=C([O-])C(CCCNCCC[NH3+])NCCCN)cc1. The van der Waals surface area contributed by atoms with E-state index in [-0.39, 0.29) is 11.9 Å². The van der Waals surface area contributed by atoms with Crippen LogP contribution >= 0.6 is 0 Å². The first-order valence-electron chi connectivity index (χ1n) is 8.85. The first kappa shape index (κ1) is 21.0. The highest BCUT2D eigenvalue weighted by molar-refractivity contribution is 5.80. The maximum absolute atomic E-state index is 12.5. The van der Waals surface area contributed by atoms with E-state index in [9.17, 15) is 5.11 Å². The lowest BCUT2D eigenvalue weighted by Gasteiger charge is -2.24. The number of nitrogens with two attached hydrogens (primary N) is 1. The third-order valence-corrected chi connectivity index (χ3v) is 3.72. The fourth-order valence-corrected chi connectivity index (χ4v) is 2.30. The zero-order valence-corrected chi connectivity index (χ0v) is 14.8. The van der Waals surface area contributed by atoms with Gasteiger partial charge in [0.25, 0.3) is 0 Å². The van der Waals surface area contributed by atoms with Gasteiger partial charge in [0.15, 0.2) is 4.98 Å². The molecule has 8 heteroatoms. The summed E-state index contributed by atoms with van der Waals surface area (Å²) in [6.07, 6.45) is 3.48. The van der Waals surface area contributed by atoms with Crippen LogP contribution in [0.2, 0.25) is 0 Å². The van der Waals surface area contributed by atoms with Gasteiger partial charge in [-0.25, -0.2) is 0 Å². The molecule has 0 radical (unpaired) electrons. The minimum atomic E-state index is -0.316. The van der Waals surface area contributed by atoms with Gasteiger partial charge in [-0.1, -0.05) is 0 Å². The molecular formula is C17H30N7O+. The number of hydrogen-bond donors (Lipinski definition) is 4. The monoisotopic (exact) mass is 348 g/mol. The molecule has 1 aromatic carbocycles. The summed E-state index contributed by atoms with van der Waals surface area (Å²) in [5.41, 5.74) is 10.3. The number of nitrogens with one attached hydrogen (secondary N) is 2. The van der Waals surface area contributed by atoms with Crippen molar-refractivity contribution in [2.24, 2.45) is 10.7 Å². The molecule has 0 saturated heterocycles. The van der Waals surface area contributed by atoms with Gasteiger partial charge < -0.3 is 27.2 Å². The van der Waals surface area contributed by atoms with Crippen molar-refractivity contribution in [3.05, 3.63) is 29.2 Å². The molecule has 1 aromatic rings. The second kappa shape index (κ2) is 13.3. The number of diazo groups is 1. The zero-order chi connectivity index (χ0) is 18.3. The van der Waals surface area contributed by atoms with E-state index < -0.39 is 0 Å². The van der Waals surface area contributed by atoms with Crippen LogP contribution in [-0.4, -0.2) is 44.7 Å². The summed E-state index contributed by atoms with van der Waals surface area (Å²) in [6.45, 7) is 4.03. The second-order valence-corrected chi connectivity index (χ2v) is 5.81. The predicted octanol–water partition coefficient (Wildman–Crippen LogP) is -0.130. The summed E-state index contributed by atoms with van der Waals surface area (Å²) >= 11 is 0. The Morgan fingerprint density at radius 2 is 1.92 bits per heavy atom. The Hall–Kier alpha value is -2.05. The minimum Gasteiger partial charge on any atom is -0.861 e. The van der Waals surface area contributed by atoms with Crippen LogP contribution in [0.25, 0.3) is 4.98 Å². The molecule has 0 aromatic heterocycles. The molecule has 25 heavy (non-hydrogen) atoms. The number of hydrogen-bond acceptors (Lipinski definition) is 6. The Bertz CT molecular complexity index is 539. The van der Waals surface area contributed by atoms with Crippen molar-refractivity contribution < 1.29 is 10.8 Å². The van der Waals surface area contributed by atoms with Gasteiger partial charge in [-0.2, -0.15) is 0 Å². The van der Waals surface area contributed by atoms with E-state index in [0.717, 1.165) is 38.9 Å². The number of rotatable bonds is 13. The van der Waals surface area contributed by atoms with E-state index in [4.69, 9.17) is 11.1 Å². The van der Waals surface area contributed by atoms with Crippen LogP contribution in [-0.2, 0) is 0 Å². The van der Waals surface area contributed by atoms with Crippen LogP contribution in [0.5, 0.6) is 0 Å². The predicted molar refractivity (Wildman–Crippen MR) is 98.2 cm³/mol. The molecule has 1 atom stereocenters. The lowest BCUT2D eigenvalue weighted by atomic mass is 10.1. The highest BCUT2D eigenvalue weighted by Crippen LogP contribution is 2.18. The van der Waals surface area contributed by atoms with E-state index in [1.54, 1.807) is 24.3 Å². The standard InChI is InChI=1S/C17H29N7O/c18-9-2-12-21-11-1-4-16(22-13-3-10-19)17(25)23-14-5-7-15(24-20)8-6-14/h5-8,16,21-22H,1-4,9-13,18-19H2/p+1. The smallest absolute Gasteiger partial charge is 0.385 e. The Kier molecular flexibility index (Phi) is 11.1. The van der Waals surface area contributed by atoms with Crippen molar-refractivity contribution in [3.8, 4) is 0 Å². The van der Waals surface area contributed by atoms with E-state index >= 15 is 0 Å². The molecule has 0 saturated carbocycles.